The zero-order valence-electron chi connectivity index (χ0n) is 21.1. The SMILES string of the molecule is CCOc1ccccc1NCc1c(-c2cc(C(F)(F)F)ccc2OC)ccc2c1C(C)=CC(C)(C)N2. The summed E-state index contributed by atoms with van der Waals surface area (Å²) in [6.45, 7) is 9.01. The molecule has 0 aliphatic carbocycles. The maximum absolute atomic E-state index is 13.6. The van der Waals surface area contributed by atoms with Crippen molar-refractivity contribution in [3.05, 3.63) is 77.4 Å². The molecule has 0 saturated carbocycles. The summed E-state index contributed by atoms with van der Waals surface area (Å²) >= 11 is 0. The Hall–Kier alpha value is -3.61. The van der Waals surface area contributed by atoms with Crippen LogP contribution in [0.1, 0.15) is 44.4 Å². The largest absolute Gasteiger partial charge is 0.496 e. The van der Waals surface area contributed by atoms with Crippen molar-refractivity contribution in [2.75, 3.05) is 24.4 Å². The van der Waals surface area contributed by atoms with Gasteiger partial charge in [0, 0.05) is 23.4 Å². The molecule has 3 aromatic rings. The number of allylic oxidation sites excluding steroid dienone is 1. The normalized spacial score (nSPS) is 14.4. The highest BCUT2D eigenvalue weighted by Gasteiger charge is 2.32. The lowest BCUT2D eigenvalue weighted by Gasteiger charge is -2.33. The lowest BCUT2D eigenvalue weighted by atomic mass is 9.84. The second-order valence-electron chi connectivity index (χ2n) is 9.38. The molecular weight excluding hydrogens is 465 g/mol. The number of anilines is 2. The molecule has 4 rings (SSSR count). The Kier molecular flexibility index (Phi) is 6.94. The number of nitrogens with one attached hydrogen (secondary N) is 2. The van der Waals surface area contributed by atoms with Gasteiger partial charge >= 0.3 is 6.18 Å². The van der Waals surface area contributed by atoms with Crippen LogP contribution in [0.25, 0.3) is 16.7 Å². The fourth-order valence-electron chi connectivity index (χ4n) is 4.81. The van der Waals surface area contributed by atoms with Crippen LogP contribution >= 0.6 is 0 Å². The standard InChI is InChI=1S/C29H31F3N2O2/c1-6-36-26-10-8-7-9-23(26)33-17-22-20(12-13-24-27(22)18(2)16-28(3,4)34-24)21-15-19(29(30,31)32)11-14-25(21)35-5/h7-16,33-34H,6,17H2,1-5H3. The van der Waals surface area contributed by atoms with Crippen molar-refractivity contribution >= 4 is 16.9 Å². The first-order valence-electron chi connectivity index (χ1n) is 11.9. The number of methoxy groups -OCH3 is 1. The molecule has 1 heterocycles. The average molecular weight is 497 g/mol. The lowest BCUT2D eigenvalue weighted by Crippen LogP contribution is -2.32. The van der Waals surface area contributed by atoms with Gasteiger partial charge in [0.25, 0.3) is 0 Å². The van der Waals surface area contributed by atoms with Gasteiger partial charge in [0.15, 0.2) is 0 Å². The second kappa shape index (κ2) is 9.80. The molecule has 0 unspecified atom stereocenters. The van der Waals surface area contributed by atoms with E-state index in [9.17, 15) is 13.2 Å². The summed E-state index contributed by atoms with van der Waals surface area (Å²) in [6.07, 6.45) is -2.33. The molecule has 36 heavy (non-hydrogen) atoms. The Morgan fingerprint density at radius 3 is 2.42 bits per heavy atom. The van der Waals surface area contributed by atoms with E-state index in [0.717, 1.165) is 46.0 Å². The monoisotopic (exact) mass is 496 g/mol. The van der Waals surface area contributed by atoms with E-state index in [0.29, 0.717) is 30.0 Å². The first kappa shape index (κ1) is 25.5. The number of hydrogen-bond acceptors (Lipinski definition) is 4. The minimum Gasteiger partial charge on any atom is -0.496 e. The van der Waals surface area contributed by atoms with E-state index >= 15 is 0 Å². The average Bonchev–Trinajstić information content (AvgIpc) is 2.81. The zero-order valence-corrected chi connectivity index (χ0v) is 21.1. The van der Waals surface area contributed by atoms with E-state index in [1.807, 2.05) is 50.2 Å². The first-order chi connectivity index (χ1) is 17.0. The predicted molar refractivity (Wildman–Crippen MR) is 140 cm³/mol. The fourth-order valence-corrected chi connectivity index (χ4v) is 4.81. The van der Waals surface area contributed by atoms with E-state index in [1.165, 1.54) is 13.2 Å². The Balaban J connectivity index is 1.90. The minimum atomic E-state index is -4.47. The van der Waals surface area contributed by atoms with Gasteiger partial charge in [0.05, 0.1) is 30.5 Å². The highest BCUT2D eigenvalue weighted by molar-refractivity contribution is 5.89. The molecule has 0 bridgehead atoms. The highest BCUT2D eigenvalue weighted by Crippen LogP contribution is 2.44. The maximum atomic E-state index is 13.6. The van der Waals surface area contributed by atoms with E-state index in [1.54, 1.807) is 0 Å². The topological polar surface area (TPSA) is 42.5 Å². The van der Waals surface area contributed by atoms with Gasteiger partial charge in [-0.2, -0.15) is 13.2 Å². The number of alkyl halides is 3. The molecule has 0 amide bonds. The van der Waals surface area contributed by atoms with Gasteiger partial charge in [-0.25, -0.2) is 0 Å². The number of ether oxygens (including phenoxy) is 2. The third kappa shape index (κ3) is 5.15. The zero-order chi connectivity index (χ0) is 26.1. The van der Waals surface area contributed by atoms with Crippen molar-refractivity contribution in [3.8, 4) is 22.6 Å². The minimum absolute atomic E-state index is 0.251. The van der Waals surface area contributed by atoms with Gasteiger partial charge in [-0.1, -0.05) is 24.3 Å². The summed E-state index contributed by atoms with van der Waals surface area (Å²) < 4.78 is 52.2. The van der Waals surface area contributed by atoms with Crippen LogP contribution in [0.5, 0.6) is 11.5 Å². The van der Waals surface area contributed by atoms with Crippen LogP contribution in [0.15, 0.2) is 60.7 Å². The highest BCUT2D eigenvalue weighted by atomic mass is 19.4. The van der Waals surface area contributed by atoms with E-state index in [2.05, 4.69) is 30.6 Å². The Labute approximate surface area is 210 Å². The van der Waals surface area contributed by atoms with Crippen LogP contribution in [0.2, 0.25) is 0 Å². The Bertz CT molecular complexity index is 1300. The molecule has 2 N–H and O–H groups in total. The number of benzene rings is 3. The van der Waals surface area contributed by atoms with E-state index in [4.69, 9.17) is 9.47 Å². The number of hydrogen-bond donors (Lipinski definition) is 2. The summed E-state index contributed by atoms with van der Waals surface area (Å²) in [4.78, 5) is 0. The maximum Gasteiger partial charge on any atom is 0.416 e. The van der Waals surface area contributed by atoms with Crippen LogP contribution < -0.4 is 20.1 Å². The molecule has 190 valence electrons. The van der Waals surface area contributed by atoms with Crippen molar-refractivity contribution < 1.29 is 22.6 Å². The predicted octanol–water partition coefficient (Wildman–Crippen LogP) is 8.00. The molecule has 1 aliphatic heterocycles. The summed E-state index contributed by atoms with van der Waals surface area (Å²) in [5.74, 6) is 1.10. The number of fused-ring (bicyclic) bond motifs is 1. The van der Waals surface area contributed by atoms with Crippen molar-refractivity contribution in [1.82, 2.24) is 0 Å². The number of halogens is 3. The molecule has 0 radical (unpaired) electrons. The summed E-state index contributed by atoms with van der Waals surface area (Å²) in [5, 5.41) is 6.99. The van der Waals surface area contributed by atoms with E-state index in [-0.39, 0.29) is 5.54 Å². The van der Waals surface area contributed by atoms with Gasteiger partial charge in [-0.3, -0.25) is 0 Å². The third-order valence-electron chi connectivity index (χ3n) is 6.20. The van der Waals surface area contributed by atoms with Gasteiger partial charge in [0.2, 0.25) is 0 Å². The summed E-state index contributed by atoms with van der Waals surface area (Å²) in [7, 11) is 1.47. The summed E-state index contributed by atoms with van der Waals surface area (Å²) in [6, 6.07) is 15.0. The second-order valence-corrected chi connectivity index (χ2v) is 9.38. The molecule has 1 aliphatic rings. The van der Waals surface area contributed by atoms with Gasteiger partial charge in [-0.15, -0.1) is 0 Å². The number of rotatable bonds is 7. The van der Waals surface area contributed by atoms with Gasteiger partial charge in [0.1, 0.15) is 11.5 Å². The third-order valence-corrected chi connectivity index (χ3v) is 6.20. The molecule has 0 fully saturated rings. The molecule has 0 spiro atoms. The summed E-state index contributed by atoms with van der Waals surface area (Å²) in [5.41, 5.74) is 4.73. The molecule has 7 heteroatoms. The van der Waals surface area contributed by atoms with Crippen molar-refractivity contribution in [2.24, 2.45) is 0 Å². The molecule has 3 aromatic carbocycles. The molecular formula is C29H31F3N2O2. The Morgan fingerprint density at radius 2 is 1.72 bits per heavy atom. The molecule has 0 atom stereocenters. The van der Waals surface area contributed by atoms with Crippen LogP contribution in [0.4, 0.5) is 24.5 Å². The smallest absolute Gasteiger partial charge is 0.416 e. The van der Waals surface area contributed by atoms with E-state index < -0.39 is 11.7 Å². The molecule has 4 nitrogen and oxygen atoms in total. The quantitative estimate of drug-likeness (QED) is 0.348. The van der Waals surface area contributed by atoms with Crippen molar-refractivity contribution in [1.29, 1.82) is 0 Å². The van der Waals surface area contributed by atoms with Crippen molar-refractivity contribution in [2.45, 2.75) is 46.0 Å². The fraction of sp³-hybridized carbons (Fsp3) is 0.310. The number of para-hydroxylation sites is 2. The Morgan fingerprint density at radius 1 is 0.972 bits per heavy atom. The van der Waals surface area contributed by atoms with Crippen molar-refractivity contribution in [3.63, 3.8) is 0 Å². The first-order valence-corrected chi connectivity index (χ1v) is 11.9. The molecule has 0 aromatic heterocycles. The molecule has 0 saturated heterocycles. The van der Waals surface area contributed by atoms with Crippen LogP contribution in [-0.2, 0) is 12.7 Å². The van der Waals surface area contributed by atoms with Gasteiger partial charge in [-0.05, 0) is 80.8 Å². The van der Waals surface area contributed by atoms with Crippen LogP contribution in [-0.4, -0.2) is 19.3 Å². The van der Waals surface area contributed by atoms with Gasteiger partial charge < -0.3 is 20.1 Å². The van der Waals surface area contributed by atoms with Crippen LogP contribution in [0.3, 0.4) is 0 Å². The van der Waals surface area contributed by atoms with Crippen LogP contribution in [0, 0.1) is 0 Å². The lowest BCUT2D eigenvalue weighted by molar-refractivity contribution is -0.137.